The van der Waals surface area contributed by atoms with Gasteiger partial charge in [-0.05, 0) is 104 Å². The predicted molar refractivity (Wildman–Crippen MR) is 216 cm³/mol. The maximum Gasteiger partial charge on any atom is -0.00199 e. The fraction of sp³-hybridized carbons (Fsp3) is 0. The highest BCUT2D eigenvalue weighted by atomic mass is 14.2. The lowest BCUT2D eigenvalue weighted by Crippen LogP contribution is -1.94. The minimum absolute atomic E-state index is 1.22. The molecule has 0 spiro atoms. The van der Waals surface area contributed by atoms with Gasteiger partial charge in [-0.15, -0.1) is 0 Å². The van der Waals surface area contributed by atoms with E-state index >= 15 is 0 Å². The van der Waals surface area contributed by atoms with E-state index in [1.54, 1.807) is 0 Å². The van der Waals surface area contributed by atoms with Crippen LogP contribution in [0.25, 0.3) is 98.4 Å². The van der Waals surface area contributed by atoms with Crippen molar-refractivity contribution in [2.75, 3.05) is 0 Å². The average molecular weight is 633 g/mol. The molecule has 0 amide bonds. The quantitative estimate of drug-likeness (QED) is 0.169. The maximum atomic E-state index is 2.47. The zero-order chi connectivity index (χ0) is 33.0. The average Bonchev–Trinajstić information content (AvgIpc) is 3.19. The Balaban J connectivity index is 1.38. The van der Waals surface area contributed by atoms with Crippen LogP contribution in [0, 0.1) is 0 Å². The summed E-state index contributed by atoms with van der Waals surface area (Å²) in [4.78, 5) is 0. The molecule has 50 heavy (non-hydrogen) atoms. The van der Waals surface area contributed by atoms with Crippen molar-refractivity contribution in [2.45, 2.75) is 0 Å². The van der Waals surface area contributed by atoms with Gasteiger partial charge in [0.05, 0.1) is 0 Å². The van der Waals surface area contributed by atoms with Gasteiger partial charge in [-0.2, -0.15) is 0 Å². The van der Waals surface area contributed by atoms with E-state index in [9.17, 15) is 0 Å². The first kappa shape index (κ1) is 28.5. The maximum absolute atomic E-state index is 2.47. The van der Waals surface area contributed by atoms with Gasteiger partial charge in [0.25, 0.3) is 0 Å². The smallest absolute Gasteiger partial charge is 0.00199 e. The highest BCUT2D eigenvalue weighted by Crippen LogP contribution is 2.48. The molecule has 0 radical (unpaired) electrons. The Kier molecular flexibility index (Phi) is 6.60. The molecule has 0 aliphatic rings. The molecule has 10 aromatic rings. The minimum atomic E-state index is 1.22. The first-order valence-electron chi connectivity index (χ1n) is 17.4. The van der Waals surface area contributed by atoms with Crippen molar-refractivity contribution in [1.82, 2.24) is 0 Å². The lowest BCUT2D eigenvalue weighted by atomic mass is 9.82. The minimum Gasteiger partial charge on any atom is -0.0622 e. The molecular formula is C50H32. The Morgan fingerprint density at radius 3 is 1.10 bits per heavy atom. The van der Waals surface area contributed by atoms with Gasteiger partial charge < -0.3 is 0 Å². The van der Waals surface area contributed by atoms with Gasteiger partial charge in [-0.1, -0.05) is 188 Å². The van der Waals surface area contributed by atoms with E-state index in [0.29, 0.717) is 0 Å². The number of hydrogen-bond acceptors (Lipinski definition) is 0. The molecule has 0 unspecified atom stereocenters. The Labute approximate surface area is 291 Å². The van der Waals surface area contributed by atoms with Crippen molar-refractivity contribution in [3.05, 3.63) is 194 Å². The fourth-order valence-corrected chi connectivity index (χ4v) is 8.34. The Bertz CT molecular complexity index is 2840. The van der Waals surface area contributed by atoms with Crippen LogP contribution in [-0.2, 0) is 0 Å². The van der Waals surface area contributed by atoms with Crippen LogP contribution in [0.4, 0.5) is 0 Å². The third-order valence-corrected chi connectivity index (χ3v) is 10.4. The molecular weight excluding hydrogens is 601 g/mol. The Morgan fingerprint density at radius 1 is 0.200 bits per heavy atom. The summed E-state index contributed by atoms with van der Waals surface area (Å²) < 4.78 is 0. The number of rotatable bonds is 4. The molecule has 0 saturated carbocycles. The van der Waals surface area contributed by atoms with Crippen molar-refractivity contribution in [2.24, 2.45) is 0 Å². The summed E-state index contributed by atoms with van der Waals surface area (Å²) in [5, 5.41) is 12.6. The van der Waals surface area contributed by atoms with Gasteiger partial charge in [-0.3, -0.25) is 0 Å². The highest BCUT2D eigenvalue weighted by molar-refractivity contribution is 6.26. The van der Waals surface area contributed by atoms with E-state index < -0.39 is 0 Å². The van der Waals surface area contributed by atoms with Crippen LogP contribution < -0.4 is 0 Å². The molecule has 0 heterocycles. The summed E-state index contributed by atoms with van der Waals surface area (Å²) in [6.45, 7) is 0. The first-order chi connectivity index (χ1) is 24.8. The third kappa shape index (κ3) is 4.39. The largest absolute Gasteiger partial charge is 0.0622 e. The van der Waals surface area contributed by atoms with Gasteiger partial charge in [0, 0.05) is 0 Å². The van der Waals surface area contributed by atoms with E-state index in [1.165, 1.54) is 98.4 Å². The molecule has 0 aromatic heterocycles. The Hall–Kier alpha value is -6.50. The van der Waals surface area contributed by atoms with Crippen LogP contribution in [0.5, 0.6) is 0 Å². The predicted octanol–water partition coefficient (Wildman–Crippen LogP) is 14.1. The van der Waals surface area contributed by atoms with Crippen molar-refractivity contribution in [3.8, 4) is 44.5 Å². The van der Waals surface area contributed by atoms with E-state index in [-0.39, 0.29) is 0 Å². The second-order valence-electron chi connectivity index (χ2n) is 13.2. The van der Waals surface area contributed by atoms with Gasteiger partial charge >= 0.3 is 0 Å². The van der Waals surface area contributed by atoms with E-state index in [4.69, 9.17) is 0 Å². The van der Waals surface area contributed by atoms with Gasteiger partial charge in [0.15, 0.2) is 0 Å². The summed E-state index contributed by atoms with van der Waals surface area (Å²) >= 11 is 0. The topological polar surface area (TPSA) is 0 Å². The van der Waals surface area contributed by atoms with Crippen molar-refractivity contribution >= 4 is 53.9 Å². The standard InChI is InChI=1S/C50H32/c1-3-17-34(18-4-1)47-39-23-9-11-25-41(39)49(42-26-12-10-24-40(42)47)36-30-31-45-46(32-36)50(38-29-15-21-33-16-7-8-22-37(33)38)44-28-14-13-27-43(44)48(45)35-19-5-2-6-20-35/h1-32H. The normalized spacial score (nSPS) is 11.6. The van der Waals surface area contributed by atoms with Crippen LogP contribution in [0.2, 0.25) is 0 Å². The SMILES string of the molecule is c1ccc(-c2c3ccccc3c(-c3ccc4c(-c5ccccc5)c5ccccc5c(-c5cccc6ccccc56)c4c3)c3ccccc23)cc1. The van der Waals surface area contributed by atoms with Gasteiger partial charge in [-0.25, -0.2) is 0 Å². The molecule has 0 saturated heterocycles. The van der Waals surface area contributed by atoms with E-state index in [0.717, 1.165) is 0 Å². The molecule has 0 aliphatic carbocycles. The molecule has 0 N–H and O–H groups in total. The number of hydrogen-bond donors (Lipinski definition) is 0. The summed E-state index contributed by atoms with van der Waals surface area (Å²) in [6.07, 6.45) is 0. The molecule has 0 bridgehead atoms. The first-order valence-corrected chi connectivity index (χ1v) is 17.4. The fourth-order valence-electron chi connectivity index (χ4n) is 8.34. The molecule has 0 atom stereocenters. The number of fused-ring (bicyclic) bond motifs is 5. The molecule has 0 fully saturated rings. The molecule has 10 rings (SSSR count). The van der Waals surface area contributed by atoms with Crippen LogP contribution in [-0.4, -0.2) is 0 Å². The molecule has 10 aromatic carbocycles. The van der Waals surface area contributed by atoms with E-state index in [2.05, 4.69) is 194 Å². The Morgan fingerprint density at radius 2 is 0.580 bits per heavy atom. The van der Waals surface area contributed by atoms with Crippen LogP contribution in [0.3, 0.4) is 0 Å². The van der Waals surface area contributed by atoms with Crippen LogP contribution in [0.1, 0.15) is 0 Å². The molecule has 0 heteroatoms. The lowest BCUT2D eigenvalue weighted by molar-refractivity contribution is 1.65. The van der Waals surface area contributed by atoms with Crippen molar-refractivity contribution in [1.29, 1.82) is 0 Å². The van der Waals surface area contributed by atoms with Crippen LogP contribution >= 0.6 is 0 Å². The van der Waals surface area contributed by atoms with Crippen LogP contribution in [0.15, 0.2) is 194 Å². The zero-order valence-corrected chi connectivity index (χ0v) is 27.5. The monoisotopic (exact) mass is 632 g/mol. The summed E-state index contributed by atoms with van der Waals surface area (Å²) in [5.41, 5.74) is 10.1. The number of benzene rings is 10. The summed E-state index contributed by atoms with van der Waals surface area (Å²) in [7, 11) is 0. The van der Waals surface area contributed by atoms with E-state index in [1.807, 2.05) is 0 Å². The van der Waals surface area contributed by atoms with Gasteiger partial charge in [0.1, 0.15) is 0 Å². The lowest BCUT2D eigenvalue weighted by Gasteiger charge is -2.21. The molecule has 232 valence electrons. The summed E-state index contributed by atoms with van der Waals surface area (Å²) in [5.74, 6) is 0. The highest BCUT2D eigenvalue weighted by Gasteiger charge is 2.21. The molecule has 0 aliphatic heterocycles. The van der Waals surface area contributed by atoms with Crippen molar-refractivity contribution in [3.63, 3.8) is 0 Å². The second-order valence-corrected chi connectivity index (χ2v) is 13.2. The molecule has 0 nitrogen and oxygen atoms in total. The second kappa shape index (κ2) is 11.6. The zero-order valence-electron chi connectivity index (χ0n) is 27.5. The third-order valence-electron chi connectivity index (χ3n) is 10.4. The van der Waals surface area contributed by atoms with Crippen molar-refractivity contribution < 1.29 is 0 Å². The van der Waals surface area contributed by atoms with Gasteiger partial charge in [0.2, 0.25) is 0 Å². The summed E-state index contributed by atoms with van der Waals surface area (Å²) in [6, 6.07) is 71.3.